The Morgan fingerprint density at radius 1 is 0.966 bits per heavy atom. The average Bonchev–Trinajstić information content (AvgIpc) is 2.74. The van der Waals surface area contributed by atoms with Crippen molar-refractivity contribution >= 4 is 23.3 Å². The molecule has 0 unspecified atom stereocenters. The van der Waals surface area contributed by atoms with Gasteiger partial charge >= 0.3 is 11.9 Å². The maximum atomic E-state index is 12.4. The van der Waals surface area contributed by atoms with E-state index in [4.69, 9.17) is 10.5 Å². The third-order valence-electron chi connectivity index (χ3n) is 4.17. The lowest BCUT2D eigenvalue weighted by Gasteiger charge is -2.07. The molecule has 0 bridgehead atoms. The van der Waals surface area contributed by atoms with Crippen molar-refractivity contribution in [3.05, 3.63) is 89.7 Å². The van der Waals surface area contributed by atoms with Gasteiger partial charge in [-0.1, -0.05) is 42.5 Å². The molecule has 0 fully saturated rings. The Morgan fingerprint density at radius 3 is 2.41 bits per heavy atom. The van der Waals surface area contributed by atoms with E-state index in [1.165, 1.54) is 18.5 Å². The van der Waals surface area contributed by atoms with Crippen molar-refractivity contribution in [1.29, 1.82) is 0 Å². The number of hydrogen-bond donors (Lipinski definition) is 2. The Labute approximate surface area is 167 Å². The fraction of sp³-hybridized carbons (Fsp3) is 0.0909. The zero-order chi connectivity index (χ0) is 20.6. The first-order valence-corrected chi connectivity index (χ1v) is 8.88. The number of carbonyl (C=O) groups excluding carboxylic acids is 3. The molecule has 1 heterocycles. The molecule has 0 radical (unpaired) electrons. The number of rotatable bonds is 6. The van der Waals surface area contributed by atoms with Crippen LogP contribution in [0, 0.1) is 0 Å². The lowest BCUT2D eigenvalue weighted by molar-refractivity contribution is -0.148. The number of para-hydroxylation sites is 1. The van der Waals surface area contributed by atoms with Crippen LogP contribution in [0.15, 0.2) is 73.1 Å². The Kier molecular flexibility index (Phi) is 6.32. The van der Waals surface area contributed by atoms with Crippen LogP contribution < -0.4 is 15.8 Å². The number of nitrogens with one attached hydrogen (secondary N) is 1. The van der Waals surface area contributed by atoms with Gasteiger partial charge in [0.1, 0.15) is 5.75 Å². The zero-order valence-electron chi connectivity index (χ0n) is 15.5. The monoisotopic (exact) mass is 389 g/mol. The number of carbonyl (C=O) groups is 3. The zero-order valence-corrected chi connectivity index (χ0v) is 15.5. The molecule has 2 aromatic carbocycles. The predicted molar refractivity (Wildman–Crippen MR) is 107 cm³/mol. The van der Waals surface area contributed by atoms with Gasteiger partial charge in [-0.05, 0) is 29.3 Å². The summed E-state index contributed by atoms with van der Waals surface area (Å²) in [4.78, 5) is 39.8. The Bertz CT molecular complexity index is 1020. The van der Waals surface area contributed by atoms with E-state index in [1.54, 1.807) is 36.4 Å². The highest BCUT2D eigenvalue weighted by molar-refractivity contribution is 6.33. The summed E-state index contributed by atoms with van der Waals surface area (Å²) in [7, 11) is 0. The number of ketones is 1. The minimum atomic E-state index is -1.02. The number of nitrogen functional groups attached to an aromatic ring is 1. The van der Waals surface area contributed by atoms with Gasteiger partial charge in [0.05, 0.1) is 6.20 Å². The summed E-state index contributed by atoms with van der Waals surface area (Å²) < 4.78 is 4.91. The van der Waals surface area contributed by atoms with Crippen LogP contribution in [0.4, 0.5) is 5.69 Å². The van der Waals surface area contributed by atoms with Crippen molar-refractivity contribution in [3.63, 3.8) is 0 Å². The summed E-state index contributed by atoms with van der Waals surface area (Å²) >= 11 is 0. The van der Waals surface area contributed by atoms with Crippen LogP contribution in [0.2, 0.25) is 0 Å². The number of anilines is 1. The summed E-state index contributed by atoms with van der Waals surface area (Å²) in [5.41, 5.74) is 8.52. The van der Waals surface area contributed by atoms with Gasteiger partial charge < -0.3 is 15.8 Å². The topological polar surface area (TPSA) is 111 Å². The van der Waals surface area contributed by atoms with Crippen LogP contribution in [0.3, 0.4) is 0 Å². The number of ether oxygens (including phenoxy) is 1. The van der Waals surface area contributed by atoms with Crippen molar-refractivity contribution in [3.8, 4) is 5.75 Å². The summed E-state index contributed by atoms with van der Waals surface area (Å²) in [6.07, 6.45) is 3.08. The number of Topliss-reactive ketones (excluding diaryl/α,β-unsaturated/α-hetero) is 1. The van der Waals surface area contributed by atoms with Gasteiger partial charge in [-0.15, -0.1) is 0 Å². The molecule has 29 heavy (non-hydrogen) atoms. The first kappa shape index (κ1) is 19.8. The molecule has 1 aromatic heterocycles. The fourth-order valence-corrected chi connectivity index (χ4v) is 2.59. The number of nitrogens with two attached hydrogens (primary N) is 1. The van der Waals surface area contributed by atoms with E-state index in [0.717, 1.165) is 11.1 Å². The number of benzene rings is 2. The second kappa shape index (κ2) is 9.27. The van der Waals surface area contributed by atoms with Gasteiger partial charge in [0.2, 0.25) is 0 Å². The average molecular weight is 389 g/mol. The molecule has 3 N–H and O–H groups in total. The van der Waals surface area contributed by atoms with Crippen LogP contribution in [0.25, 0.3) is 0 Å². The lowest BCUT2D eigenvalue weighted by atomic mass is 10.0. The number of nitrogens with zero attached hydrogens (tertiary/aromatic N) is 1. The summed E-state index contributed by atoms with van der Waals surface area (Å²) in [5.74, 6) is -1.76. The van der Waals surface area contributed by atoms with E-state index in [1.807, 2.05) is 18.2 Å². The third kappa shape index (κ3) is 5.49. The molecule has 7 nitrogen and oxygen atoms in total. The van der Waals surface area contributed by atoms with Gasteiger partial charge in [-0.3, -0.25) is 14.6 Å². The smallest absolute Gasteiger partial charge is 0.402 e. The minimum Gasteiger partial charge on any atom is -0.418 e. The third-order valence-corrected chi connectivity index (χ3v) is 4.17. The van der Waals surface area contributed by atoms with E-state index in [9.17, 15) is 14.4 Å². The van der Waals surface area contributed by atoms with Crippen LogP contribution in [-0.4, -0.2) is 22.6 Å². The predicted octanol–water partition coefficient (Wildman–Crippen LogP) is 2.31. The molecule has 3 aromatic rings. The first-order chi connectivity index (χ1) is 14.0. The molecule has 146 valence electrons. The van der Waals surface area contributed by atoms with E-state index < -0.39 is 11.9 Å². The largest absolute Gasteiger partial charge is 0.418 e. The quantitative estimate of drug-likeness (QED) is 0.290. The molecule has 0 aliphatic rings. The molecular formula is C22H19N3O4. The molecule has 0 aliphatic heterocycles. The van der Waals surface area contributed by atoms with Gasteiger partial charge in [-0.25, -0.2) is 4.79 Å². The van der Waals surface area contributed by atoms with E-state index in [0.29, 0.717) is 11.3 Å². The van der Waals surface area contributed by atoms with Crippen molar-refractivity contribution in [2.45, 2.75) is 13.0 Å². The van der Waals surface area contributed by atoms with Crippen LogP contribution in [-0.2, 0) is 22.6 Å². The SMILES string of the molecule is Nc1ccccc1CC(=O)c1ccc(CNC(=O)C(=O)Oc2cccnc2)cc1. The van der Waals surface area contributed by atoms with E-state index >= 15 is 0 Å². The Morgan fingerprint density at radius 2 is 1.72 bits per heavy atom. The number of aromatic nitrogens is 1. The van der Waals surface area contributed by atoms with Crippen molar-refractivity contribution in [1.82, 2.24) is 10.3 Å². The number of esters is 1. The fourth-order valence-electron chi connectivity index (χ4n) is 2.59. The van der Waals surface area contributed by atoms with E-state index in [-0.39, 0.29) is 24.5 Å². The van der Waals surface area contributed by atoms with Gasteiger partial charge in [-0.2, -0.15) is 0 Å². The molecule has 0 spiro atoms. The molecule has 0 saturated carbocycles. The molecule has 0 aliphatic carbocycles. The van der Waals surface area contributed by atoms with E-state index in [2.05, 4.69) is 10.3 Å². The highest BCUT2D eigenvalue weighted by Crippen LogP contribution is 2.15. The first-order valence-electron chi connectivity index (χ1n) is 8.88. The summed E-state index contributed by atoms with van der Waals surface area (Å²) in [6.45, 7) is 0.126. The van der Waals surface area contributed by atoms with Gasteiger partial charge in [0.15, 0.2) is 5.78 Å². The second-order valence-corrected chi connectivity index (χ2v) is 6.26. The van der Waals surface area contributed by atoms with Crippen LogP contribution >= 0.6 is 0 Å². The number of amides is 1. The molecular weight excluding hydrogens is 370 g/mol. The highest BCUT2D eigenvalue weighted by Gasteiger charge is 2.16. The summed E-state index contributed by atoms with van der Waals surface area (Å²) in [5, 5.41) is 2.48. The Balaban J connectivity index is 1.52. The molecule has 3 rings (SSSR count). The molecule has 7 heteroatoms. The minimum absolute atomic E-state index is 0.0569. The second-order valence-electron chi connectivity index (χ2n) is 6.26. The molecule has 1 amide bonds. The van der Waals surface area contributed by atoms with Gasteiger partial charge in [0.25, 0.3) is 0 Å². The normalized spacial score (nSPS) is 10.2. The van der Waals surface area contributed by atoms with Crippen molar-refractivity contribution in [2.24, 2.45) is 0 Å². The maximum absolute atomic E-state index is 12.4. The lowest BCUT2D eigenvalue weighted by Crippen LogP contribution is -2.33. The van der Waals surface area contributed by atoms with Gasteiger partial charge in [0, 0.05) is 30.4 Å². The standard InChI is InChI=1S/C22H19N3O4/c23-19-6-2-1-4-17(19)12-20(26)16-9-7-15(8-10-16)13-25-21(27)22(28)29-18-5-3-11-24-14-18/h1-11,14H,12-13,23H2,(H,25,27). The molecule has 0 saturated heterocycles. The maximum Gasteiger partial charge on any atom is 0.402 e. The highest BCUT2D eigenvalue weighted by atomic mass is 16.5. The van der Waals surface area contributed by atoms with Crippen LogP contribution in [0.5, 0.6) is 5.75 Å². The summed E-state index contributed by atoms with van der Waals surface area (Å²) in [6, 6.07) is 17.1. The molecule has 0 atom stereocenters. The number of hydrogen-bond acceptors (Lipinski definition) is 6. The van der Waals surface area contributed by atoms with Crippen LogP contribution in [0.1, 0.15) is 21.5 Å². The van der Waals surface area contributed by atoms with Crippen molar-refractivity contribution < 1.29 is 19.1 Å². The Hall–Kier alpha value is -4.00. The van der Waals surface area contributed by atoms with Crippen molar-refractivity contribution in [2.75, 3.05) is 5.73 Å². The number of pyridine rings is 1.